The van der Waals surface area contributed by atoms with Crippen LogP contribution in [0.2, 0.25) is 0 Å². The van der Waals surface area contributed by atoms with Crippen molar-refractivity contribution < 1.29 is 9.90 Å². The van der Waals surface area contributed by atoms with Crippen LogP contribution in [0.4, 0.5) is 5.82 Å². The second kappa shape index (κ2) is 3.97. The smallest absolute Gasteiger partial charge is 0.323 e. The van der Waals surface area contributed by atoms with Crippen LogP contribution in [0, 0.1) is 6.92 Å². The van der Waals surface area contributed by atoms with Crippen molar-refractivity contribution in [1.29, 1.82) is 0 Å². The molecule has 1 aliphatic carbocycles. The summed E-state index contributed by atoms with van der Waals surface area (Å²) in [6, 6.07) is 4.21. The Morgan fingerprint density at radius 2 is 2.33 bits per heavy atom. The highest BCUT2D eigenvalue weighted by Crippen LogP contribution is 2.31. The summed E-state index contributed by atoms with van der Waals surface area (Å²) < 4.78 is 1.70. The Morgan fingerprint density at radius 3 is 3.00 bits per heavy atom. The average Bonchev–Trinajstić information content (AvgIpc) is 3.04. The largest absolute Gasteiger partial charge is 0.480 e. The van der Waals surface area contributed by atoms with E-state index in [0.29, 0.717) is 6.04 Å². The minimum atomic E-state index is -0.823. The second-order valence-electron chi connectivity index (χ2n) is 4.67. The molecule has 2 aromatic heterocycles. The Morgan fingerprint density at radius 1 is 1.56 bits per heavy atom. The summed E-state index contributed by atoms with van der Waals surface area (Å²) in [5, 5.41) is 13.2. The second-order valence-corrected chi connectivity index (χ2v) is 4.67. The molecule has 6 nitrogen and oxygen atoms in total. The molecule has 1 fully saturated rings. The Hall–Kier alpha value is -2.11. The average molecular weight is 246 g/mol. The lowest BCUT2D eigenvalue weighted by Gasteiger charge is -2.23. The first-order valence-corrected chi connectivity index (χ1v) is 5.94. The Kier molecular flexibility index (Phi) is 2.43. The van der Waals surface area contributed by atoms with Crippen LogP contribution in [-0.4, -0.2) is 38.3 Å². The fraction of sp³-hybridized carbons (Fsp3) is 0.417. The number of carboxylic acids is 1. The van der Waals surface area contributed by atoms with E-state index in [0.717, 1.165) is 29.9 Å². The Bertz CT molecular complexity index is 603. The number of rotatable bonds is 4. The molecular weight excluding hydrogens is 232 g/mol. The van der Waals surface area contributed by atoms with Gasteiger partial charge in [-0.1, -0.05) is 0 Å². The van der Waals surface area contributed by atoms with Crippen molar-refractivity contribution in [3.05, 3.63) is 24.0 Å². The van der Waals surface area contributed by atoms with Crippen LogP contribution >= 0.6 is 0 Å². The van der Waals surface area contributed by atoms with Gasteiger partial charge >= 0.3 is 5.97 Å². The minimum absolute atomic E-state index is 0.00306. The molecule has 0 spiro atoms. The van der Waals surface area contributed by atoms with E-state index in [-0.39, 0.29) is 6.54 Å². The quantitative estimate of drug-likeness (QED) is 0.874. The van der Waals surface area contributed by atoms with Crippen LogP contribution in [0.25, 0.3) is 5.65 Å². The molecular formula is C12H14N4O2. The molecule has 0 radical (unpaired) electrons. The zero-order valence-electron chi connectivity index (χ0n) is 10.1. The summed E-state index contributed by atoms with van der Waals surface area (Å²) >= 11 is 0. The molecule has 94 valence electrons. The van der Waals surface area contributed by atoms with E-state index in [1.165, 1.54) is 6.33 Å². The number of aromatic nitrogens is 3. The molecule has 0 saturated heterocycles. The highest BCUT2D eigenvalue weighted by atomic mass is 16.4. The zero-order valence-corrected chi connectivity index (χ0v) is 10.1. The summed E-state index contributed by atoms with van der Waals surface area (Å²) in [5.74, 6) is -0.0101. The molecule has 0 atom stereocenters. The van der Waals surface area contributed by atoms with Crippen LogP contribution < -0.4 is 4.90 Å². The van der Waals surface area contributed by atoms with Crippen molar-refractivity contribution in [1.82, 2.24) is 14.6 Å². The van der Waals surface area contributed by atoms with Crippen LogP contribution in [0.3, 0.4) is 0 Å². The van der Waals surface area contributed by atoms with Crippen molar-refractivity contribution >= 4 is 17.4 Å². The van der Waals surface area contributed by atoms with Gasteiger partial charge in [0.1, 0.15) is 18.7 Å². The normalized spacial score (nSPS) is 14.9. The zero-order chi connectivity index (χ0) is 12.7. The van der Waals surface area contributed by atoms with E-state index < -0.39 is 5.97 Å². The van der Waals surface area contributed by atoms with Crippen molar-refractivity contribution in [2.24, 2.45) is 0 Å². The van der Waals surface area contributed by atoms with Gasteiger partial charge in [-0.15, -0.1) is 0 Å². The van der Waals surface area contributed by atoms with Gasteiger partial charge in [-0.05, 0) is 37.5 Å². The molecule has 0 unspecified atom stereocenters. The monoisotopic (exact) mass is 246 g/mol. The van der Waals surface area contributed by atoms with E-state index in [1.54, 1.807) is 4.52 Å². The molecule has 2 heterocycles. The lowest BCUT2D eigenvalue weighted by molar-refractivity contribution is -0.135. The first-order valence-electron chi connectivity index (χ1n) is 5.94. The maximum atomic E-state index is 11.0. The van der Waals surface area contributed by atoms with Crippen molar-refractivity contribution in [2.45, 2.75) is 25.8 Å². The molecule has 3 rings (SSSR count). The lowest BCUT2D eigenvalue weighted by Crippen LogP contribution is -2.33. The van der Waals surface area contributed by atoms with Gasteiger partial charge in [0.15, 0.2) is 5.65 Å². The predicted octanol–water partition coefficient (Wildman–Crippen LogP) is 1.09. The summed E-state index contributed by atoms with van der Waals surface area (Å²) in [6.45, 7) is 1.98. The molecule has 0 aromatic carbocycles. The van der Waals surface area contributed by atoms with Crippen LogP contribution in [0.1, 0.15) is 18.4 Å². The molecule has 18 heavy (non-hydrogen) atoms. The van der Waals surface area contributed by atoms with Gasteiger partial charge in [0.25, 0.3) is 0 Å². The van der Waals surface area contributed by atoms with E-state index in [4.69, 9.17) is 5.11 Å². The van der Waals surface area contributed by atoms with Gasteiger partial charge in [-0.2, -0.15) is 9.61 Å². The number of hydrogen-bond donors (Lipinski definition) is 1. The van der Waals surface area contributed by atoms with E-state index in [1.807, 2.05) is 24.0 Å². The van der Waals surface area contributed by atoms with E-state index >= 15 is 0 Å². The molecule has 6 heteroatoms. The molecule has 1 N–H and O–H groups in total. The molecule has 0 bridgehead atoms. The molecule has 0 amide bonds. The third kappa shape index (κ3) is 1.90. The third-order valence-electron chi connectivity index (χ3n) is 3.09. The molecule has 1 aliphatic rings. The number of carboxylic acid groups (broad SMARTS) is 1. The van der Waals surface area contributed by atoms with Crippen molar-refractivity contribution in [2.75, 3.05) is 11.4 Å². The number of hydrogen-bond acceptors (Lipinski definition) is 4. The van der Waals surface area contributed by atoms with Gasteiger partial charge < -0.3 is 10.0 Å². The van der Waals surface area contributed by atoms with Crippen LogP contribution in [0.5, 0.6) is 0 Å². The minimum Gasteiger partial charge on any atom is -0.480 e. The third-order valence-corrected chi connectivity index (χ3v) is 3.09. The number of aliphatic carboxylic acids is 1. The van der Waals surface area contributed by atoms with Gasteiger partial charge in [-0.25, -0.2) is 4.98 Å². The maximum absolute atomic E-state index is 11.0. The number of pyridine rings is 1. The SMILES string of the molecule is Cc1cc(N(CC(=O)O)C2CC2)n2ncnc2c1. The number of nitrogens with zero attached hydrogens (tertiary/aromatic N) is 4. The molecule has 0 aliphatic heterocycles. The van der Waals surface area contributed by atoms with Crippen molar-refractivity contribution in [3.8, 4) is 0 Å². The number of fused-ring (bicyclic) bond motifs is 1. The van der Waals surface area contributed by atoms with Gasteiger partial charge in [0.05, 0.1) is 0 Å². The van der Waals surface area contributed by atoms with Crippen LogP contribution in [-0.2, 0) is 4.79 Å². The van der Waals surface area contributed by atoms with Gasteiger partial charge in [-0.3, -0.25) is 4.79 Å². The van der Waals surface area contributed by atoms with Gasteiger partial charge in [0.2, 0.25) is 0 Å². The summed E-state index contributed by atoms with van der Waals surface area (Å²) in [4.78, 5) is 17.0. The Balaban J connectivity index is 2.09. The topological polar surface area (TPSA) is 70.7 Å². The highest BCUT2D eigenvalue weighted by Gasteiger charge is 2.32. The fourth-order valence-electron chi connectivity index (χ4n) is 2.17. The van der Waals surface area contributed by atoms with Gasteiger partial charge in [0, 0.05) is 6.04 Å². The maximum Gasteiger partial charge on any atom is 0.323 e. The highest BCUT2D eigenvalue weighted by molar-refractivity contribution is 5.74. The number of carbonyl (C=O) groups is 1. The summed E-state index contributed by atoms with van der Waals surface area (Å²) in [7, 11) is 0. The van der Waals surface area contributed by atoms with E-state index in [2.05, 4.69) is 10.1 Å². The van der Waals surface area contributed by atoms with E-state index in [9.17, 15) is 4.79 Å². The first kappa shape index (κ1) is 11.0. The first-order chi connectivity index (χ1) is 8.65. The summed E-state index contributed by atoms with van der Waals surface area (Å²) in [5.41, 5.74) is 1.81. The van der Waals surface area contributed by atoms with Crippen molar-refractivity contribution in [3.63, 3.8) is 0 Å². The molecule has 2 aromatic rings. The Labute approximate surface area is 104 Å². The predicted molar refractivity (Wildman–Crippen MR) is 65.7 cm³/mol. The number of anilines is 1. The summed E-state index contributed by atoms with van der Waals surface area (Å²) in [6.07, 6.45) is 3.57. The lowest BCUT2D eigenvalue weighted by atomic mass is 10.2. The number of aryl methyl sites for hydroxylation is 1. The molecule has 1 saturated carbocycles. The standard InChI is InChI=1S/C12H14N4O2/c1-8-4-10-13-7-14-16(10)11(5-8)15(6-12(17)18)9-2-3-9/h4-5,7,9H,2-3,6H2,1H3,(H,17,18). The van der Waals surface area contributed by atoms with Crippen LogP contribution in [0.15, 0.2) is 18.5 Å². The fourth-order valence-corrected chi connectivity index (χ4v) is 2.17.